The van der Waals surface area contributed by atoms with Crippen LogP contribution in [0.1, 0.15) is 89.1 Å². The Morgan fingerprint density at radius 2 is 1.60 bits per heavy atom. The summed E-state index contributed by atoms with van der Waals surface area (Å²) in [5.41, 5.74) is 8.41. The maximum Gasteiger partial charge on any atom is 0.408 e. The third-order valence-electron chi connectivity index (χ3n) is 7.13. The quantitative estimate of drug-likeness (QED) is 0.256. The average Bonchev–Trinajstić information content (AvgIpc) is 2.87. The number of hydrogen-bond acceptors (Lipinski definition) is 5. The first kappa shape index (κ1) is 35.6. The van der Waals surface area contributed by atoms with Crippen molar-refractivity contribution in [2.45, 2.75) is 105 Å². The topological polar surface area (TPSA) is 131 Å². The van der Waals surface area contributed by atoms with Crippen molar-refractivity contribution in [2.75, 3.05) is 5.32 Å². The van der Waals surface area contributed by atoms with Gasteiger partial charge in [-0.05, 0) is 95.5 Å². The molecule has 0 aliphatic rings. The number of nitrogens with zero attached hydrogens (tertiary/aromatic N) is 1. The summed E-state index contributed by atoms with van der Waals surface area (Å²) < 4.78 is 5.38. The standard InChI is InChI=1S/C33H47ClN4O5/c1-19(2)13-15-23(6)38(31(41)26(18-27(35)39)36-32(42)43-33(7,8)9)29(24-16-14-20(3)22(5)17-24)30(40)37-28-21(4)11-10-12-25(28)34/h10-12,14,16-17,19,23,26,29H,13,15,18H2,1-9H3,(H2,35,39)(H,36,42)(H,37,40). The first-order valence-electron chi connectivity index (χ1n) is 14.6. The highest BCUT2D eigenvalue weighted by Crippen LogP contribution is 2.32. The number of hydrogen-bond donors (Lipinski definition) is 3. The number of anilines is 1. The number of aryl methyl sites for hydroxylation is 3. The molecule has 2 rings (SSSR count). The molecular weight excluding hydrogens is 568 g/mol. The highest BCUT2D eigenvalue weighted by atomic mass is 35.5. The van der Waals surface area contributed by atoms with E-state index in [1.165, 1.54) is 4.90 Å². The van der Waals surface area contributed by atoms with Crippen LogP contribution in [0.25, 0.3) is 0 Å². The molecule has 0 radical (unpaired) electrons. The second-order valence-corrected chi connectivity index (χ2v) is 13.0. The van der Waals surface area contributed by atoms with Gasteiger partial charge in [-0.2, -0.15) is 0 Å². The van der Waals surface area contributed by atoms with Crippen LogP contribution in [0, 0.1) is 26.7 Å². The third kappa shape index (κ3) is 10.6. The van der Waals surface area contributed by atoms with Crippen LogP contribution >= 0.6 is 11.6 Å². The molecule has 4 amide bonds. The molecule has 0 spiro atoms. The molecule has 0 bridgehead atoms. The lowest BCUT2D eigenvalue weighted by atomic mass is 9.94. The van der Waals surface area contributed by atoms with Crippen molar-refractivity contribution in [1.82, 2.24) is 10.2 Å². The Bertz CT molecular complexity index is 1300. The fraction of sp³-hybridized carbons (Fsp3) is 0.515. The van der Waals surface area contributed by atoms with E-state index in [-0.39, 0.29) is 0 Å². The van der Waals surface area contributed by atoms with Crippen molar-refractivity contribution in [3.05, 3.63) is 63.7 Å². The molecule has 2 aromatic carbocycles. The van der Waals surface area contributed by atoms with Gasteiger partial charge in [0.25, 0.3) is 5.91 Å². The lowest BCUT2D eigenvalue weighted by Gasteiger charge is -2.39. The zero-order valence-electron chi connectivity index (χ0n) is 26.8. The maximum atomic E-state index is 14.5. The Balaban J connectivity index is 2.72. The van der Waals surface area contributed by atoms with Gasteiger partial charge in [0.1, 0.15) is 17.7 Å². The van der Waals surface area contributed by atoms with E-state index in [0.717, 1.165) is 23.1 Å². The number of amides is 4. The summed E-state index contributed by atoms with van der Waals surface area (Å²) in [5, 5.41) is 5.84. The number of alkyl carbamates (subject to hydrolysis) is 1. The zero-order valence-corrected chi connectivity index (χ0v) is 27.6. The number of nitrogens with two attached hydrogens (primary N) is 1. The van der Waals surface area contributed by atoms with E-state index in [9.17, 15) is 19.2 Å². The van der Waals surface area contributed by atoms with Gasteiger partial charge in [-0.15, -0.1) is 0 Å². The first-order valence-corrected chi connectivity index (χ1v) is 15.0. The Labute approximate surface area is 260 Å². The predicted molar refractivity (Wildman–Crippen MR) is 171 cm³/mol. The summed E-state index contributed by atoms with van der Waals surface area (Å²) in [6.07, 6.45) is -0.00817. The molecule has 2 aromatic rings. The second kappa shape index (κ2) is 15.2. The molecule has 236 valence electrons. The van der Waals surface area contributed by atoms with Gasteiger partial charge < -0.3 is 26.0 Å². The molecule has 0 saturated heterocycles. The molecule has 0 heterocycles. The van der Waals surface area contributed by atoms with E-state index >= 15 is 0 Å². The van der Waals surface area contributed by atoms with Crippen molar-refractivity contribution < 1.29 is 23.9 Å². The minimum Gasteiger partial charge on any atom is -0.444 e. The molecule has 0 fully saturated rings. The van der Waals surface area contributed by atoms with Gasteiger partial charge in [-0.25, -0.2) is 4.79 Å². The van der Waals surface area contributed by atoms with Crippen LogP contribution in [0.4, 0.5) is 10.5 Å². The van der Waals surface area contributed by atoms with Gasteiger partial charge in [0.15, 0.2) is 0 Å². The summed E-state index contributed by atoms with van der Waals surface area (Å²) >= 11 is 6.47. The van der Waals surface area contributed by atoms with E-state index in [1.54, 1.807) is 32.9 Å². The number of carbonyl (C=O) groups is 4. The number of primary amides is 1. The summed E-state index contributed by atoms with van der Waals surface area (Å²) in [5.74, 6) is -1.57. The van der Waals surface area contributed by atoms with Gasteiger partial charge in [0.05, 0.1) is 17.1 Å². The normalized spacial score (nSPS) is 13.6. The molecule has 10 heteroatoms. The fourth-order valence-corrected chi connectivity index (χ4v) is 4.97. The van der Waals surface area contributed by atoms with Crippen LogP contribution in [-0.2, 0) is 19.1 Å². The minimum atomic E-state index is -1.36. The molecule has 9 nitrogen and oxygen atoms in total. The van der Waals surface area contributed by atoms with Gasteiger partial charge >= 0.3 is 6.09 Å². The number of para-hydroxylation sites is 1. The van der Waals surface area contributed by atoms with Gasteiger partial charge in [0, 0.05) is 6.04 Å². The fourth-order valence-electron chi connectivity index (χ4n) is 4.70. The smallest absolute Gasteiger partial charge is 0.408 e. The van der Waals surface area contributed by atoms with E-state index in [4.69, 9.17) is 22.1 Å². The van der Waals surface area contributed by atoms with E-state index in [1.807, 2.05) is 52.0 Å². The van der Waals surface area contributed by atoms with Gasteiger partial charge in [0.2, 0.25) is 11.8 Å². The Hall–Kier alpha value is -3.59. The van der Waals surface area contributed by atoms with Crippen molar-refractivity contribution in [1.29, 1.82) is 0 Å². The van der Waals surface area contributed by atoms with Crippen molar-refractivity contribution in [2.24, 2.45) is 11.7 Å². The summed E-state index contributed by atoms with van der Waals surface area (Å²) in [4.78, 5) is 55.1. The van der Waals surface area contributed by atoms with E-state index in [0.29, 0.717) is 28.6 Å². The number of halogens is 1. The summed E-state index contributed by atoms with van der Waals surface area (Å²) in [6, 6.07) is 7.92. The number of ether oxygens (including phenoxy) is 1. The first-order chi connectivity index (χ1) is 19.9. The number of rotatable bonds is 12. The number of nitrogens with one attached hydrogen (secondary N) is 2. The lowest BCUT2D eigenvalue weighted by Crippen LogP contribution is -2.56. The largest absolute Gasteiger partial charge is 0.444 e. The number of benzene rings is 2. The van der Waals surface area contributed by atoms with Crippen LogP contribution < -0.4 is 16.4 Å². The maximum absolute atomic E-state index is 14.5. The molecule has 3 atom stereocenters. The zero-order chi connectivity index (χ0) is 32.6. The van der Waals surface area contributed by atoms with Crippen LogP contribution in [0.5, 0.6) is 0 Å². The monoisotopic (exact) mass is 614 g/mol. The molecule has 0 saturated carbocycles. The van der Waals surface area contributed by atoms with Gasteiger partial charge in [-0.3, -0.25) is 14.4 Å². The van der Waals surface area contributed by atoms with Gasteiger partial charge in [-0.1, -0.05) is 55.8 Å². The van der Waals surface area contributed by atoms with E-state index < -0.39 is 54.0 Å². The van der Waals surface area contributed by atoms with Crippen molar-refractivity contribution in [3.63, 3.8) is 0 Å². The lowest BCUT2D eigenvalue weighted by molar-refractivity contribution is -0.144. The molecular formula is C33H47ClN4O5. The molecule has 3 unspecified atom stereocenters. The van der Waals surface area contributed by atoms with Crippen molar-refractivity contribution >= 4 is 41.1 Å². The van der Waals surface area contributed by atoms with Crippen LogP contribution in [0.3, 0.4) is 0 Å². The SMILES string of the molecule is Cc1ccc(C(C(=O)Nc2c(C)cccc2Cl)N(C(=O)C(CC(N)=O)NC(=O)OC(C)(C)C)C(C)CCC(C)C)cc1C. The second-order valence-electron chi connectivity index (χ2n) is 12.6. The molecule has 0 aliphatic carbocycles. The van der Waals surface area contributed by atoms with E-state index in [2.05, 4.69) is 24.5 Å². The molecule has 0 aliphatic heterocycles. The Morgan fingerprint density at radius 1 is 0.953 bits per heavy atom. The Morgan fingerprint density at radius 3 is 2.14 bits per heavy atom. The minimum absolute atomic E-state index is 0.334. The highest BCUT2D eigenvalue weighted by molar-refractivity contribution is 6.34. The summed E-state index contributed by atoms with van der Waals surface area (Å²) in [6.45, 7) is 16.8. The molecule has 43 heavy (non-hydrogen) atoms. The highest BCUT2D eigenvalue weighted by Gasteiger charge is 2.40. The molecule has 0 aromatic heterocycles. The summed E-state index contributed by atoms with van der Waals surface area (Å²) in [7, 11) is 0. The Kier molecular flexibility index (Phi) is 12.6. The van der Waals surface area contributed by atoms with Crippen molar-refractivity contribution in [3.8, 4) is 0 Å². The predicted octanol–water partition coefficient (Wildman–Crippen LogP) is 6.37. The number of carbonyl (C=O) groups excluding carboxylic acids is 4. The average molecular weight is 615 g/mol. The van der Waals surface area contributed by atoms with Crippen LogP contribution in [0.15, 0.2) is 36.4 Å². The third-order valence-corrected chi connectivity index (χ3v) is 7.44. The van der Waals surface area contributed by atoms with Crippen LogP contribution in [0.2, 0.25) is 5.02 Å². The molecule has 4 N–H and O–H groups in total. The van der Waals surface area contributed by atoms with Crippen LogP contribution in [-0.4, -0.2) is 46.4 Å².